The van der Waals surface area contributed by atoms with Crippen LogP contribution in [0, 0.1) is 12.3 Å². The third-order valence-corrected chi connectivity index (χ3v) is 6.98. The Kier molecular flexibility index (Phi) is 6.21. The van der Waals surface area contributed by atoms with Crippen molar-refractivity contribution in [1.29, 1.82) is 0 Å². The second kappa shape index (κ2) is 8.08. The second-order valence-corrected chi connectivity index (χ2v) is 13.1. The summed E-state index contributed by atoms with van der Waals surface area (Å²) in [6, 6.07) is 8.52. The minimum absolute atomic E-state index is 0.136. The van der Waals surface area contributed by atoms with Crippen molar-refractivity contribution in [2.75, 3.05) is 0 Å². The number of carbonyl (C=O) groups excluding carboxylic acids is 1. The molecule has 3 rings (SSSR count). The molecule has 0 bridgehead atoms. The third-order valence-electron chi connectivity index (χ3n) is 6.98. The third kappa shape index (κ3) is 5.47. The summed E-state index contributed by atoms with van der Waals surface area (Å²) >= 11 is 0. The maximum Gasteiger partial charge on any atom is 0.287 e. The molecule has 1 aliphatic carbocycles. The summed E-state index contributed by atoms with van der Waals surface area (Å²) in [5.74, 6) is 1.08. The fourth-order valence-electron chi connectivity index (χ4n) is 5.48. The van der Waals surface area contributed by atoms with Crippen LogP contribution in [0.1, 0.15) is 120 Å². The molecule has 1 aromatic heterocycles. The number of rotatable bonds is 5. The van der Waals surface area contributed by atoms with Crippen LogP contribution in [0.2, 0.25) is 0 Å². The Hall–Kier alpha value is -2.03. The highest BCUT2D eigenvalue weighted by atomic mass is 16.3. The lowest BCUT2D eigenvalue weighted by Gasteiger charge is -2.42. The Morgan fingerprint density at radius 1 is 0.969 bits per heavy atom. The van der Waals surface area contributed by atoms with Crippen LogP contribution in [-0.4, -0.2) is 11.4 Å². The van der Waals surface area contributed by atoms with Crippen molar-refractivity contribution in [1.82, 2.24) is 5.32 Å². The van der Waals surface area contributed by atoms with Crippen molar-refractivity contribution in [3.63, 3.8) is 0 Å². The maximum atomic E-state index is 12.8. The highest BCUT2D eigenvalue weighted by Gasteiger charge is 2.37. The summed E-state index contributed by atoms with van der Waals surface area (Å²) in [6.07, 6.45) is 4.01. The van der Waals surface area contributed by atoms with Crippen molar-refractivity contribution < 1.29 is 9.21 Å². The average molecular weight is 438 g/mol. The molecule has 2 aromatic rings. The Labute approximate surface area is 195 Å². The molecule has 0 saturated heterocycles. The number of aryl methyl sites for hydroxylation is 1. The van der Waals surface area contributed by atoms with Crippen LogP contribution in [0.4, 0.5) is 0 Å². The minimum Gasteiger partial charge on any atom is -0.456 e. The van der Waals surface area contributed by atoms with Crippen LogP contribution in [0.3, 0.4) is 0 Å². The molecule has 0 atom stereocenters. The summed E-state index contributed by atoms with van der Waals surface area (Å²) in [5.41, 5.74) is 5.75. The first-order valence-corrected chi connectivity index (χ1v) is 12.0. The molecule has 1 aliphatic rings. The fourth-order valence-corrected chi connectivity index (χ4v) is 5.48. The number of hydrogen-bond acceptors (Lipinski definition) is 2. The highest BCUT2D eigenvalue weighted by molar-refractivity contribution is 5.92. The van der Waals surface area contributed by atoms with E-state index in [1.54, 1.807) is 6.07 Å². The van der Waals surface area contributed by atoms with Crippen LogP contribution in [0.25, 0.3) is 0 Å². The lowest BCUT2D eigenvalue weighted by molar-refractivity contribution is 0.0861. The van der Waals surface area contributed by atoms with E-state index in [4.69, 9.17) is 4.42 Å². The molecule has 32 heavy (non-hydrogen) atoms. The molecule has 0 radical (unpaired) electrons. The topological polar surface area (TPSA) is 42.2 Å². The van der Waals surface area contributed by atoms with E-state index in [1.807, 2.05) is 6.07 Å². The van der Waals surface area contributed by atoms with E-state index in [2.05, 4.69) is 86.7 Å². The Morgan fingerprint density at radius 3 is 2.09 bits per heavy atom. The molecule has 3 heteroatoms. The molecule has 0 saturated carbocycles. The summed E-state index contributed by atoms with van der Waals surface area (Å²) < 4.78 is 6.01. The van der Waals surface area contributed by atoms with Gasteiger partial charge in [-0.05, 0) is 90.7 Å². The summed E-state index contributed by atoms with van der Waals surface area (Å²) in [7, 11) is 0. The van der Waals surface area contributed by atoms with Gasteiger partial charge in [-0.25, -0.2) is 0 Å². The molecule has 3 nitrogen and oxygen atoms in total. The highest BCUT2D eigenvalue weighted by Crippen LogP contribution is 2.46. The standard InChI is InChI=1S/C29H43NO2/c1-19-15-22-23(28(7,8)14-13-27(22,5)6)17-20(19)16-21-11-12-24(32-21)25(31)30-29(9,10)18-26(2,3)4/h11-12,15,17H,13-14,16,18H2,1-10H3,(H,30,31). The molecule has 176 valence electrons. The fraction of sp³-hybridized carbons (Fsp3) is 0.621. The van der Waals surface area contributed by atoms with E-state index >= 15 is 0 Å². The van der Waals surface area contributed by atoms with Gasteiger partial charge in [0.05, 0.1) is 0 Å². The normalized spacial score (nSPS) is 17.7. The molecule has 1 amide bonds. The van der Waals surface area contributed by atoms with E-state index in [0.717, 1.165) is 12.2 Å². The molecule has 0 fully saturated rings. The molecule has 0 spiro atoms. The SMILES string of the molecule is Cc1cc2c(cc1Cc1ccc(C(=O)NC(C)(C)CC(C)(C)C)o1)C(C)(C)CCC2(C)C. The smallest absolute Gasteiger partial charge is 0.287 e. The molecule has 0 unspecified atom stereocenters. The van der Waals surface area contributed by atoms with Gasteiger partial charge < -0.3 is 9.73 Å². The summed E-state index contributed by atoms with van der Waals surface area (Å²) in [6.45, 7) is 22.3. The van der Waals surface area contributed by atoms with Crippen LogP contribution >= 0.6 is 0 Å². The zero-order chi connectivity index (χ0) is 24.1. The van der Waals surface area contributed by atoms with Crippen molar-refractivity contribution in [3.8, 4) is 0 Å². The minimum atomic E-state index is -0.296. The van der Waals surface area contributed by atoms with Crippen molar-refractivity contribution in [3.05, 3.63) is 58.0 Å². The number of fused-ring (bicyclic) bond motifs is 1. The quantitative estimate of drug-likeness (QED) is 0.527. The predicted octanol–water partition coefficient (Wildman–Crippen LogP) is 7.47. The van der Waals surface area contributed by atoms with Gasteiger partial charge >= 0.3 is 0 Å². The molecule has 0 aliphatic heterocycles. The van der Waals surface area contributed by atoms with Gasteiger partial charge in [0.25, 0.3) is 5.91 Å². The Morgan fingerprint density at radius 2 is 1.53 bits per heavy atom. The summed E-state index contributed by atoms with van der Waals surface area (Å²) in [5, 5.41) is 3.15. The lowest BCUT2D eigenvalue weighted by atomic mass is 9.62. The first-order chi connectivity index (χ1) is 14.5. The number of carbonyl (C=O) groups is 1. The monoisotopic (exact) mass is 437 g/mol. The maximum absolute atomic E-state index is 12.8. The van der Waals surface area contributed by atoms with Gasteiger partial charge in [-0.1, -0.05) is 60.6 Å². The number of furan rings is 1. The van der Waals surface area contributed by atoms with Gasteiger partial charge in [0.1, 0.15) is 5.76 Å². The van der Waals surface area contributed by atoms with Gasteiger partial charge in [-0.3, -0.25) is 4.79 Å². The first-order valence-electron chi connectivity index (χ1n) is 12.0. The van der Waals surface area contributed by atoms with Crippen LogP contribution in [0.5, 0.6) is 0 Å². The van der Waals surface area contributed by atoms with Gasteiger partial charge in [-0.15, -0.1) is 0 Å². The van der Waals surface area contributed by atoms with Gasteiger partial charge in [0.15, 0.2) is 5.76 Å². The molecule has 1 heterocycles. The van der Waals surface area contributed by atoms with Gasteiger partial charge in [0, 0.05) is 12.0 Å². The molecular weight excluding hydrogens is 394 g/mol. The number of nitrogens with one attached hydrogen (secondary N) is 1. The lowest BCUT2D eigenvalue weighted by Crippen LogP contribution is -2.45. The van der Waals surface area contributed by atoms with Crippen molar-refractivity contribution >= 4 is 5.91 Å². The average Bonchev–Trinajstić information content (AvgIpc) is 3.06. The number of benzene rings is 1. The second-order valence-electron chi connectivity index (χ2n) is 13.1. The van der Waals surface area contributed by atoms with E-state index in [9.17, 15) is 4.79 Å². The van der Waals surface area contributed by atoms with Crippen LogP contribution in [0.15, 0.2) is 28.7 Å². The number of hydrogen-bond donors (Lipinski definition) is 1. The molecule has 1 aromatic carbocycles. The van der Waals surface area contributed by atoms with Gasteiger partial charge in [-0.2, -0.15) is 0 Å². The van der Waals surface area contributed by atoms with E-state index in [1.165, 1.54) is 35.1 Å². The Balaban J connectivity index is 1.81. The largest absolute Gasteiger partial charge is 0.456 e. The van der Waals surface area contributed by atoms with E-state index in [0.29, 0.717) is 12.2 Å². The van der Waals surface area contributed by atoms with Crippen molar-refractivity contribution in [2.24, 2.45) is 5.41 Å². The number of amides is 1. The zero-order valence-electron chi connectivity index (χ0n) is 22.0. The molecular formula is C29H43NO2. The van der Waals surface area contributed by atoms with Crippen LogP contribution < -0.4 is 5.32 Å². The first kappa shape index (κ1) is 24.6. The zero-order valence-corrected chi connectivity index (χ0v) is 22.0. The van der Waals surface area contributed by atoms with E-state index in [-0.39, 0.29) is 27.7 Å². The van der Waals surface area contributed by atoms with Gasteiger partial charge in [0.2, 0.25) is 0 Å². The summed E-state index contributed by atoms with van der Waals surface area (Å²) in [4.78, 5) is 12.8. The van der Waals surface area contributed by atoms with E-state index < -0.39 is 0 Å². The van der Waals surface area contributed by atoms with Crippen molar-refractivity contribution in [2.45, 2.75) is 111 Å². The van der Waals surface area contributed by atoms with Crippen LogP contribution in [-0.2, 0) is 17.3 Å². The Bertz CT molecular complexity index is 999. The molecule has 1 N–H and O–H groups in total. The predicted molar refractivity (Wildman–Crippen MR) is 134 cm³/mol.